The predicted molar refractivity (Wildman–Crippen MR) is 90.1 cm³/mol. The van der Waals surface area contributed by atoms with Crippen molar-refractivity contribution >= 4 is 17.2 Å². The van der Waals surface area contributed by atoms with Gasteiger partial charge >= 0.3 is 0 Å². The van der Waals surface area contributed by atoms with E-state index in [0.717, 1.165) is 28.3 Å². The summed E-state index contributed by atoms with van der Waals surface area (Å²) in [5.41, 5.74) is 0.819. The largest absolute Gasteiger partial charge is 0.462 e. The molecule has 0 aromatic carbocycles. The van der Waals surface area contributed by atoms with Gasteiger partial charge in [0.2, 0.25) is 5.91 Å². The van der Waals surface area contributed by atoms with Crippen molar-refractivity contribution in [1.82, 2.24) is 10.3 Å². The van der Waals surface area contributed by atoms with Crippen molar-refractivity contribution in [2.45, 2.75) is 45.1 Å². The van der Waals surface area contributed by atoms with E-state index < -0.39 is 0 Å². The van der Waals surface area contributed by atoms with Crippen LogP contribution in [0.25, 0.3) is 10.8 Å². The Bertz CT molecular complexity index is 679. The summed E-state index contributed by atoms with van der Waals surface area (Å²) in [4.78, 5) is 16.8. The lowest BCUT2D eigenvalue weighted by Crippen LogP contribution is -2.40. The fourth-order valence-corrected chi connectivity index (χ4v) is 5.17. The zero-order chi connectivity index (χ0) is 15.8. The van der Waals surface area contributed by atoms with Gasteiger partial charge in [-0.2, -0.15) is 0 Å². The van der Waals surface area contributed by atoms with Crippen LogP contribution < -0.4 is 5.32 Å². The quantitative estimate of drug-likeness (QED) is 0.905. The molecule has 122 valence electrons. The molecule has 4 nitrogen and oxygen atoms in total. The Labute approximate surface area is 140 Å². The summed E-state index contributed by atoms with van der Waals surface area (Å²) in [7, 11) is 0. The van der Waals surface area contributed by atoms with E-state index in [4.69, 9.17) is 4.42 Å². The molecule has 2 aromatic heterocycles. The molecule has 2 fully saturated rings. The standard InChI is InChI=1S/C18H22N2O2S/c1-11(15-8-12-4-5-13(15)7-12)19-17(21)9-14-10-23-18(20-14)16-3-2-6-22-16/h2-3,6,10-13,15H,4-5,7-9H2,1H3,(H,19,21)/t11-,12-,13-,15+/m0/s1. The van der Waals surface area contributed by atoms with Gasteiger partial charge in [0, 0.05) is 11.4 Å². The summed E-state index contributed by atoms with van der Waals surface area (Å²) in [5.74, 6) is 3.26. The molecule has 2 saturated carbocycles. The van der Waals surface area contributed by atoms with Crippen LogP contribution >= 0.6 is 11.3 Å². The molecule has 2 aromatic rings. The minimum Gasteiger partial charge on any atom is -0.462 e. The summed E-state index contributed by atoms with van der Waals surface area (Å²) in [6, 6.07) is 4.01. The summed E-state index contributed by atoms with van der Waals surface area (Å²) in [6.07, 6.45) is 7.42. The molecule has 2 bridgehead atoms. The number of furan rings is 1. The zero-order valence-electron chi connectivity index (χ0n) is 13.3. The second kappa shape index (κ2) is 6.11. The molecule has 23 heavy (non-hydrogen) atoms. The van der Waals surface area contributed by atoms with Crippen molar-refractivity contribution in [3.8, 4) is 10.8 Å². The number of hydrogen-bond acceptors (Lipinski definition) is 4. The number of rotatable bonds is 5. The van der Waals surface area contributed by atoms with E-state index in [1.165, 1.54) is 37.0 Å². The van der Waals surface area contributed by atoms with Crippen molar-refractivity contribution in [1.29, 1.82) is 0 Å². The fraction of sp³-hybridized carbons (Fsp3) is 0.556. The van der Waals surface area contributed by atoms with E-state index in [0.29, 0.717) is 12.3 Å². The van der Waals surface area contributed by atoms with Crippen molar-refractivity contribution < 1.29 is 9.21 Å². The summed E-state index contributed by atoms with van der Waals surface area (Å²) in [5, 5.41) is 5.98. The third-order valence-electron chi connectivity index (χ3n) is 5.45. The first-order valence-corrected chi connectivity index (χ1v) is 9.34. The van der Waals surface area contributed by atoms with E-state index in [-0.39, 0.29) is 11.9 Å². The highest BCUT2D eigenvalue weighted by molar-refractivity contribution is 7.13. The molecule has 0 aliphatic heterocycles. The van der Waals surface area contributed by atoms with Gasteiger partial charge in [-0.1, -0.05) is 6.42 Å². The number of nitrogens with one attached hydrogen (secondary N) is 1. The van der Waals surface area contributed by atoms with E-state index in [1.54, 1.807) is 6.26 Å². The average molecular weight is 330 g/mol. The van der Waals surface area contributed by atoms with Crippen LogP contribution in [-0.2, 0) is 11.2 Å². The summed E-state index contributed by atoms with van der Waals surface area (Å²) < 4.78 is 5.35. The normalized spacial score (nSPS) is 27.3. The lowest BCUT2D eigenvalue weighted by Gasteiger charge is -2.28. The number of fused-ring (bicyclic) bond motifs is 2. The SMILES string of the molecule is C[C@H](NC(=O)Cc1csc(-c2ccco2)n1)[C@H]1C[C@H]2CC[C@H]1C2. The first kappa shape index (κ1) is 14.9. The lowest BCUT2D eigenvalue weighted by molar-refractivity contribution is -0.121. The highest BCUT2D eigenvalue weighted by Gasteiger charge is 2.42. The van der Waals surface area contributed by atoms with E-state index >= 15 is 0 Å². The van der Waals surface area contributed by atoms with Crippen LogP contribution in [-0.4, -0.2) is 16.9 Å². The number of hydrogen-bond donors (Lipinski definition) is 1. The predicted octanol–water partition coefficient (Wildman–Crippen LogP) is 3.89. The molecule has 5 heteroatoms. The molecule has 0 unspecified atom stereocenters. The van der Waals surface area contributed by atoms with Gasteiger partial charge in [0.25, 0.3) is 0 Å². The third-order valence-corrected chi connectivity index (χ3v) is 6.35. The number of carbonyl (C=O) groups excluding carboxylic acids is 1. The zero-order valence-corrected chi connectivity index (χ0v) is 14.1. The molecule has 2 heterocycles. The monoisotopic (exact) mass is 330 g/mol. The van der Waals surface area contributed by atoms with Gasteiger partial charge in [-0.3, -0.25) is 4.79 Å². The number of aromatic nitrogens is 1. The molecular formula is C18H22N2O2S. The van der Waals surface area contributed by atoms with Gasteiger partial charge in [-0.05, 0) is 56.1 Å². The van der Waals surface area contributed by atoms with E-state index in [2.05, 4.69) is 17.2 Å². The van der Waals surface area contributed by atoms with Crippen LogP contribution in [0.1, 0.15) is 38.3 Å². The molecule has 1 amide bonds. The van der Waals surface area contributed by atoms with Crippen molar-refractivity contribution in [2.75, 3.05) is 0 Å². The Hall–Kier alpha value is -1.62. The minimum atomic E-state index is 0.0802. The van der Waals surface area contributed by atoms with E-state index in [9.17, 15) is 4.79 Å². The smallest absolute Gasteiger partial charge is 0.226 e. The second-order valence-corrected chi connectivity index (χ2v) is 7.85. The van der Waals surface area contributed by atoms with Crippen LogP contribution in [0.5, 0.6) is 0 Å². The minimum absolute atomic E-state index is 0.0802. The average Bonchev–Trinajstić information content (AvgIpc) is 3.30. The second-order valence-electron chi connectivity index (χ2n) is 6.99. The van der Waals surface area contributed by atoms with Gasteiger partial charge < -0.3 is 9.73 Å². The fourth-order valence-electron chi connectivity index (χ4n) is 4.38. The summed E-state index contributed by atoms with van der Waals surface area (Å²) >= 11 is 1.52. The topological polar surface area (TPSA) is 55.1 Å². The van der Waals surface area contributed by atoms with Crippen LogP contribution in [0.15, 0.2) is 28.2 Å². The van der Waals surface area contributed by atoms with Crippen LogP contribution in [0, 0.1) is 17.8 Å². The van der Waals surface area contributed by atoms with Crippen molar-refractivity contribution in [3.05, 3.63) is 29.5 Å². The number of nitrogens with zero attached hydrogens (tertiary/aromatic N) is 1. The van der Waals surface area contributed by atoms with Crippen LogP contribution in [0.2, 0.25) is 0 Å². The van der Waals surface area contributed by atoms with Gasteiger partial charge in [0.05, 0.1) is 18.4 Å². The molecule has 0 spiro atoms. The van der Waals surface area contributed by atoms with Gasteiger partial charge in [-0.15, -0.1) is 11.3 Å². The Balaban J connectivity index is 1.33. The number of thiazole rings is 1. The number of carbonyl (C=O) groups is 1. The Morgan fingerprint density at radius 1 is 1.48 bits per heavy atom. The molecule has 1 N–H and O–H groups in total. The Kier molecular flexibility index (Phi) is 3.97. The van der Waals surface area contributed by atoms with Gasteiger partial charge in [0.15, 0.2) is 10.8 Å². The molecular weight excluding hydrogens is 308 g/mol. The Morgan fingerprint density at radius 2 is 2.39 bits per heavy atom. The maximum absolute atomic E-state index is 12.3. The molecule has 0 saturated heterocycles. The lowest BCUT2D eigenvalue weighted by atomic mass is 9.84. The molecule has 4 rings (SSSR count). The number of amides is 1. The molecule has 2 aliphatic rings. The first-order valence-electron chi connectivity index (χ1n) is 8.46. The van der Waals surface area contributed by atoms with Gasteiger partial charge in [-0.25, -0.2) is 4.98 Å². The third kappa shape index (κ3) is 3.07. The first-order chi connectivity index (χ1) is 11.2. The van der Waals surface area contributed by atoms with Crippen molar-refractivity contribution in [2.24, 2.45) is 17.8 Å². The molecule has 2 aliphatic carbocycles. The maximum atomic E-state index is 12.3. The molecule has 0 radical (unpaired) electrons. The van der Waals surface area contributed by atoms with E-state index in [1.807, 2.05) is 17.5 Å². The maximum Gasteiger partial charge on any atom is 0.226 e. The molecule has 4 atom stereocenters. The summed E-state index contributed by atoms with van der Waals surface area (Å²) in [6.45, 7) is 2.17. The van der Waals surface area contributed by atoms with Crippen molar-refractivity contribution in [3.63, 3.8) is 0 Å². The van der Waals surface area contributed by atoms with Crippen LogP contribution in [0.4, 0.5) is 0 Å². The van der Waals surface area contributed by atoms with Gasteiger partial charge in [0.1, 0.15) is 0 Å². The highest BCUT2D eigenvalue weighted by Crippen LogP contribution is 2.49. The van der Waals surface area contributed by atoms with Crippen LogP contribution in [0.3, 0.4) is 0 Å². The Morgan fingerprint density at radius 3 is 3.09 bits per heavy atom. The highest BCUT2D eigenvalue weighted by atomic mass is 32.1.